The third-order valence-corrected chi connectivity index (χ3v) is 3.40. The summed E-state index contributed by atoms with van der Waals surface area (Å²) in [5, 5.41) is 7.13. The lowest BCUT2D eigenvalue weighted by atomic mass is 10.1. The molecule has 0 aliphatic heterocycles. The number of rotatable bonds is 7. The number of nitrogens with one attached hydrogen (secondary N) is 1. The minimum atomic E-state index is 0.335. The Bertz CT molecular complexity index is 581. The van der Waals surface area contributed by atoms with E-state index < -0.39 is 0 Å². The van der Waals surface area contributed by atoms with Crippen LogP contribution in [0.1, 0.15) is 29.8 Å². The molecule has 1 unspecified atom stereocenters. The molecule has 1 aromatic heterocycles. The molecule has 2 aromatic rings. The summed E-state index contributed by atoms with van der Waals surface area (Å²) in [6.07, 6.45) is 1.38. The Balaban J connectivity index is 1.83. The molecule has 0 bridgehead atoms. The normalized spacial score (nSPS) is 12.4. The molecule has 0 saturated heterocycles. The molecule has 0 aliphatic rings. The highest BCUT2D eigenvalue weighted by atomic mass is 16.5. The molecule has 0 amide bonds. The third kappa shape index (κ3) is 4.56. The molecular formula is C16H23N3O2. The van der Waals surface area contributed by atoms with Crippen LogP contribution in [0, 0.1) is 13.8 Å². The average Bonchev–Trinajstić information content (AvgIpc) is 2.88. The number of nitrogens with zero attached hydrogens (tertiary/aromatic N) is 2. The van der Waals surface area contributed by atoms with E-state index in [2.05, 4.69) is 35.4 Å². The van der Waals surface area contributed by atoms with Crippen LogP contribution < -0.4 is 10.1 Å². The summed E-state index contributed by atoms with van der Waals surface area (Å²) in [5.41, 5.74) is 2.38. The van der Waals surface area contributed by atoms with Crippen molar-refractivity contribution >= 4 is 0 Å². The monoisotopic (exact) mass is 289 g/mol. The highest BCUT2D eigenvalue weighted by Crippen LogP contribution is 2.18. The molecule has 0 spiro atoms. The van der Waals surface area contributed by atoms with Crippen LogP contribution in [0.3, 0.4) is 0 Å². The van der Waals surface area contributed by atoms with Crippen molar-refractivity contribution in [2.24, 2.45) is 0 Å². The third-order valence-electron chi connectivity index (χ3n) is 3.40. The first kappa shape index (κ1) is 15.5. The molecule has 2 rings (SSSR count). The lowest BCUT2D eigenvalue weighted by molar-refractivity contribution is 0.290. The molecule has 0 fully saturated rings. The van der Waals surface area contributed by atoms with Crippen molar-refractivity contribution < 1.29 is 9.26 Å². The fourth-order valence-electron chi connectivity index (χ4n) is 2.06. The molecule has 1 atom stereocenters. The van der Waals surface area contributed by atoms with Gasteiger partial charge in [0.15, 0.2) is 5.82 Å². The Morgan fingerprint density at radius 1 is 1.33 bits per heavy atom. The van der Waals surface area contributed by atoms with Gasteiger partial charge >= 0.3 is 0 Å². The van der Waals surface area contributed by atoms with Crippen LogP contribution in [0.4, 0.5) is 0 Å². The molecule has 5 heteroatoms. The van der Waals surface area contributed by atoms with Gasteiger partial charge < -0.3 is 14.6 Å². The van der Waals surface area contributed by atoms with Crippen molar-refractivity contribution in [3.05, 3.63) is 41.0 Å². The zero-order valence-corrected chi connectivity index (χ0v) is 13.1. The van der Waals surface area contributed by atoms with Gasteiger partial charge in [0.05, 0.1) is 13.0 Å². The van der Waals surface area contributed by atoms with Crippen molar-refractivity contribution in [3.63, 3.8) is 0 Å². The number of aryl methyl sites for hydroxylation is 2. The van der Waals surface area contributed by atoms with Crippen LogP contribution in [-0.4, -0.2) is 29.8 Å². The van der Waals surface area contributed by atoms with Gasteiger partial charge in [0.25, 0.3) is 0 Å². The van der Waals surface area contributed by atoms with E-state index in [4.69, 9.17) is 9.26 Å². The standard InChI is InChI=1S/C16H23N3O2/c1-11-5-6-14(12(2)9-11)20-8-7-16-18-15(19-21-16)10-13(3)17-4/h5-6,9,13,17H,7-8,10H2,1-4H3. The van der Waals surface area contributed by atoms with Gasteiger partial charge in [0.1, 0.15) is 5.75 Å². The lowest BCUT2D eigenvalue weighted by Crippen LogP contribution is -2.24. The van der Waals surface area contributed by atoms with Crippen LogP contribution in [0.15, 0.2) is 22.7 Å². The van der Waals surface area contributed by atoms with Gasteiger partial charge in [-0.3, -0.25) is 0 Å². The smallest absolute Gasteiger partial charge is 0.230 e. The average molecular weight is 289 g/mol. The molecule has 0 saturated carbocycles. The topological polar surface area (TPSA) is 60.2 Å². The minimum Gasteiger partial charge on any atom is -0.493 e. The summed E-state index contributed by atoms with van der Waals surface area (Å²) in [6.45, 7) is 6.74. The zero-order chi connectivity index (χ0) is 15.2. The Morgan fingerprint density at radius 3 is 2.86 bits per heavy atom. The zero-order valence-electron chi connectivity index (χ0n) is 13.1. The first-order valence-corrected chi connectivity index (χ1v) is 7.27. The number of benzene rings is 1. The molecule has 5 nitrogen and oxygen atoms in total. The maximum atomic E-state index is 5.77. The summed E-state index contributed by atoms with van der Waals surface area (Å²) in [6, 6.07) is 6.49. The Hall–Kier alpha value is -1.88. The summed E-state index contributed by atoms with van der Waals surface area (Å²) in [4.78, 5) is 4.37. The van der Waals surface area contributed by atoms with E-state index >= 15 is 0 Å². The van der Waals surface area contributed by atoms with E-state index in [-0.39, 0.29) is 0 Å². The van der Waals surface area contributed by atoms with E-state index in [1.165, 1.54) is 5.56 Å². The molecule has 1 heterocycles. The van der Waals surface area contributed by atoms with Crippen LogP contribution in [0.5, 0.6) is 5.75 Å². The van der Waals surface area contributed by atoms with E-state index in [1.807, 2.05) is 26.1 Å². The van der Waals surface area contributed by atoms with Crippen LogP contribution in [0.2, 0.25) is 0 Å². The predicted molar refractivity (Wildman–Crippen MR) is 81.6 cm³/mol. The second kappa shape index (κ2) is 7.22. The molecule has 0 aliphatic carbocycles. The summed E-state index contributed by atoms with van der Waals surface area (Å²) < 4.78 is 11.0. The van der Waals surface area contributed by atoms with Crippen molar-refractivity contribution in [2.45, 2.75) is 39.7 Å². The first-order valence-electron chi connectivity index (χ1n) is 7.27. The summed E-state index contributed by atoms with van der Waals surface area (Å²) >= 11 is 0. The van der Waals surface area contributed by atoms with Crippen LogP contribution >= 0.6 is 0 Å². The van der Waals surface area contributed by atoms with Gasteiger partial charge in [-0.25, -0.2) is 0 Å². The van der Waals surface area contributed by atoms with Gasteiger partial charge in [0, 0.05) is 12.5 Å². The summed E-state index contributed by atoms with van der Waals surface area (Å²) in [7, 11) is 1.92. The van der Waals surface area contributed by atoms with E-state index in [1.54, 1.807) is 0 Å². The molecule has 1 N–H and O–H groups in total. The number of aromatic nitrogens is 2. The van der Waals surface area contributed by atoms with Crippen molar-refractivity contribution in [2.75, 3.05) is 13.7 Å². The van der Waals surface area contributed by atoms with E-state index in [0.29, 0.717) is 25.0 Å². The van der Waals surface area contributed by atoms with Crippen LogP contribution in [0.25, 0.3) is 0 Å². The SMILES string of the molecule is CNC(C)Cc1noc(CCOc2ccc(C)cc2C)n1. The molecular weight excluding hydrogens is 266 g/mol. The second-order valence-corrected chi connectivity index (χ2v) is 5.37. The van der Waals surface area contributed by atoms with E-state index in [9.17, 15) is 0 Å². The lowest BCUT2D eigenvalue weighted by Gasteiger charge is -2.08. The quantitative estimate of drug-likeness (QED) is 0.848. The maximum absolute atomic E-state index is 5.77. The van der Waals surface area contributed by atoms with Gasteiger partial charge in [-0.05, 0) is 39.4 Å². The minimum absolute atomic E-state index is 0.335. The summed E-state index contributed by atoms with van der Waals surface area (Å²) in [5.74, 6) is 2.26. The molecule has 0 radical (unpaired) electrons. The highest BCUT2D eigenvalue weighted by Gasteiger charge is 2.09. The molecule has 114 valence electrons. The fraction of sp³-hybridized carbons (Fsp3) is 0.500. The van der Waals surface area contributed by atoms with Crippen molar-refractivity contribution in [1.29, 1.82) is 0 Å². The second-order valence-electron chi connectivity index (χ2n) is 5.37. The molecule has 21 heavy (non-hydrogen) atoms. The van der Waals surface area contributed by atoms with Gasteiger partial charge in [0.2, 0.25) is 5.89 Å². The predicted octanol–water partition coefficient (Wildman–Crippen LogP) is 2.46. The molecule has 1 aromatic carbocycles. The van der Waals surface area contributed by atoms with Crippen molar-refractivity contribution in [1.82, 2.24) is 15.5 Å². The highest BCUT2D eigenvalue weighted by molar-refractivity contribution is 5.35. The van der Waals surface area contributed by atoms with Gasteiger partial charge in [-0.2, -0.15) is 4.98 Å². The number of hydrogen-bond acceptors (Lipinski definition) is 5. The van der Waals surface area contributed by atoms with Crippen molar-refractivity contribution in [3.8, 4) is 5.75 Å². The van der Waals surface area contributed by atoms with E-state index in [0.717, 1.165) is 23.6 Å². The Morgan fingerprint density at radius 2 is 2.14 bits per heavy atom. The van der Waals surface area contributed by atoms with Crippen LogP contribution in [-0.2, 0) is 12.8 Å². The first-order chi connectivity index (χ1) is 10.1. The maximum Gasteiger partial charge on any atom is 0.230 e. The Labute approximate surface area is 125 Å². The number of ether oxygens (including phenoxy) is 1. The van der Waals surface area contributed by atoms with Gasteiger partial charge in [-0.15, -0.1) is 0 Å². The fourth-order valence-corrected chi connectivity index (χ4v) is 2.06. The Kier molecular flexibility index (Phi) is 5.33. The van der Waals surface area contributed by atoms with Gasteiger partial charge in [-0.1, -0.05) is 22.9 Å². The largest absolute Gasteiger partial charge is 0.493 e. The number of hydrogen-bond donors (Lipinski definition) is 1. The number of likely N-dealkylation sites (N-methyl/N-ethyl adjacent to an activating group) is 1.